The van der Waals surface area contributed by atoms with Crippen molar-refractivity contribution in [2.24, 2.45) is 5.92 Å². The van der Waals surface area contributed by atoms with E-state index in [4.69, 9.17) is 14.7 Å². The number of piperidine rings is 1. The van der Waals surface area contributed by atoms with E-state index >= 15 is 0 Å². The Hall–Kier alpha value is -2.40. The van der Waals surface area contributed by atoms with Crippen LogP contribution < -0.4 is 0 Å². The van der Waals surface area contributed by atoms with Crippen LogP contribution in [0.2, 0.25) is 0 Å². The highest BCUT2D eigenvalue weighted by atomic mass is 32.2. The van der Waals surface area contributed by atoms with Gasteiger partial charge in [0.2, 0.25) is 10.0 Å². The molecule has 36 heavy (non-hydrogen) atoms. The number of benzene rings is 2. The van der Waals surface area contributed by atoms with Crippen LogP contribution in [0.3, 0.4) is 0 Å². The van der Waals surface area contributed by atoms with Crippen LogP contribution in [0, 0.1) is 5.92 Å². The number of aromatic nitrogens is 4. The van der Waals surface area contributed by atoms with Gasteiger partial charge in [-0.15, -0.1) is 0 Å². The minimum absolute atomic E-state index is 0.145. The third-order valence-electron chi connectivity index (χ3n) is 7.13. The number of H-pyrrole nitrogens is 1. The Morgan fingerprint density at radius 1 is 1.11 bits per heavy atom. The fraction of sp³-hybridized carbons (Fsp3) is 0.462. The summed E-state index contributed by atoms with van der Waals surface area (Å²) in [4.78, 5) is 13.3. The summed E-state index contributed by atoms with van der Waals surface area (Å²) >= 11 is 1.61. The van der Waals surface area contributed by atoms with E-state index in [1.165, 1.54) is 0 Å². The molecule has 2 fully saturated rings. The number of nitrogens with one attached hydrogen (secondary N) is 1. The molecule has 0 spiro atoms. The second-order valence-corrected chi connectivity index (χ2v) is 12.8. The number of nitrogens with zero attached hydrogens (tertiary/aromatic N) is 4. The van der Waals surface area contributed by atoms with E-state index in [0.717, 1.165) is 59.8 Å². The second kappa shape index (κ2) is 9.81. The Labute approximate surface area is 215 Å². The Morgan fingerprint density at radius 3 is 2.81 bits per heavy atom. The summed E-state index contributed by atoms with van der Waals surface area (Å²) in [7, 11) is -3.54. The molecule has 4 aromatic rings. The first-order valence-electron chi connectivity index (χ1n) is 12.7. The molecule has 10 heteroatoms. The lowest BCUT2D eigenvalue weighted by molar-refractivity contribution is 0.0960. The van der Waals surface area contributed by atoms with Crippen LogP contribution in [-0.2, 0) is 27.1 Å². The zero-order valence-corrected chi connectivity index (χ0v) is 22.0. The number of hydrogen-bond acceptors (Lipinski definition) is 6. The molecule has 2 aromatic heterocycles. The summed E-state index contributed by atoms with van der Waals surface area (Å²) in [6.07, 6.45) is 4.21. The first-order valence-corrected chi connectivity index (χ1v) is 15.1. The minimum Gasteiger partial charge on any atom is -0.376 e. The van der Waals surface area contributed by atoms with Crippen LogP contribution >= 0.6 is 11.8 Å². The molecule has 0 bridgehead atoms. The van der Waals surface area contributed by atoms with Gasteiger partial charge in [0.05, 0.1) is 45.4 Å². The number of sulfonamides is 1. The van der Waals surface area contributed by atoms with Crippen LogP contribution in [0.15, 0.2) is 52.5 Å². The van der Waals surface area contributed by atoms with Crippen molar-refractivity contribution in [2.75, 3.05) is 19.7 Å². The average Bonchev–Trinajstić information content (AvgIpc) is 3.61. The lowest BCUT2D eigenvalue weighted by Gasteiger charge is -2.30. The molecular weight excluding hydrogens is 494 g/mol. The maximum absolute atomic E-state index is 13.4. The van der Waals surface area contributed by atoms with E-state index < -0.39 is 10.0 Å². The number of para-hydroxylation sites is 2. The topological polar surface area (TPSA) is 93.1 Å². The van der Waals surface area contributed by atoms with Gasteiger partial charge in [-0.2, -0.15) is 4.31 Å². The van der Waals surface area contributed by atoms with E-state index in [-0.39, 0.29) is 6.10 Å². The molecule has 2 aromatic carbocycles. The van der Waals surface area contributed by atoms with Crippen molar-refractivity contribution < 1.29 is 13.2 Å². The Bertz CT molecular complexity index is 1460. The molecular formula is C26H31N5O3S2. The molecule has 2 aliphatic heterocycles. The fourth-order valence-corrected chi connectivity index (χ4v) is 7.76. The van der Waals surface area contributed by atoms with Gasteiger partial charge in [-0.1, -0.05) is 30.8 Å². The van der Waals surface area contributed by atoms with Gasteiger partial charge in [-0.25, -0.2) is 18.4 Å². The molecule has 0 saturated carbocycles. The van der Waals surface area contributed by atoms with Gasteiger partial charge in [0.1, 0.15) is 5.82 Å². The number of hydrogen-bond donors (Lipinski definition) is 1. The van der Waals surface area contributed by atoms with Crippen molar-refractivity contribution >= 4 is 43.9 Å². The zero-order valence-electron chi connectivity index (χ0n) is 20.4. The molecule has 4 heterocycles. The van der Waals surface area contributed by atoms with E-state index in [2.05, 4.69) is 16.5 Å². The summed E-state index contributed by atoms with van der Waals surface area (Å²) in [5.41, 5.74) is 3.60. The highest BCUT2D eigenvalue weighted by molar-refractivity contribution is 7.98. The predicted molar refractivity (Wildman–Crippen MR) is 142 cm³/mol. The van der Waals surface area contributed by atoms with Crippen molar-refractivity contribution in [1.82, 2.24) is 23.8 Å². The first-order chi connectivity index (χ1) is 17.5. The smallest absolute Gasteiger partial charge is 0.243 e. The normalized spacial score (nSPS) is 21.6. The molecule has 1 N–H and O–H groups in total. The largest absolute Gasteiger partial charge is 0.376 e. The van der Waals surface area contributed by atoms with E-state index in [0.29, 0.717) is 41.7 Å². The van der Waals surface area contributed by atoms with Crippen molar-refractivity contribution in [3.8, 4) is 0 Å². The monoisotopic (exact) mass is 525 g/mol. The van der Waals surface area contributed by atoms with E-state index in [1.54, 1.807) is 28.2 Å². The van der Waals surface area contributed by atoms with Crippen LogP contribution in [0.5, 0.6) is 0 Å². The third kappa shape index (κ3) is 4.67. The molecule has 2 saturated heterocycles. The van der Waals surface area contributed by atoms with Crippen molar-refractivity contribution in [3.63, 3.8) is 0 Å². The number of aromatic amines is 1. The Balaban J connectivity index is 1.32. The minimum atomic E-state index is -3.54. The highest BCUT2D eigenvalue weighted by Crippen LogP contribution is 2.31. The number of rotatable bonds is 7. The van der Waals surface area contributed by atoms with Gasteiger partial charge in [-0.3, -0.25) is 0 Å². The molecule has 2 atom stereocenters. The van der Waals surface area contributed by atoms with E-state index in [1.807, 2.05) is 30.3 Å². The van der Waals surface area contributed by atoms with Crippen molar-refractivity contribution in [1.29, 1.82) is 0 Å². The van der Waals surface area contributed by atoms with Gasteiger partial charge < -0.3 is 14.3 Å². The summed E-state index contributed by atoms with van der Waals surface area (Å²) in [6, 6.07) is 13.4. The van der Waals surface area contributed by atoms with Gasteiger partial charge in [0.15, 0.2) is 5.16 Å². The van der Waals surface area contributed by atoms with Gasteiger partial charge in [-0.05, 0) is 61.9 Å². The average molecular weight is 526 g/mol. The molecule has 6 rings (SSSR count). The quantitative estimate of drug-likeness (QED) is 0.348. The summed E-state index contributed by atoms with van der Waals surface area (Å²) in [5.74, 6) is 1.91. The van der Waals surface area contributed by atoms with Gasteiger partial charge >= 0.3 is 0 Å². The Morgan fingerprint density at radius 2 is 2.00 bits per heavy atom. The summed E-state index contributed by atoms with van der Waals surface area (Å²) in [5, 5.41) is 0.849. The standard InChI is InChI=1S/C26H31N5O3S2/c1-18-6-4-12-30(15-18)36(32,33)20-10-11-24-23(14-20)29-26(31(24)16-19-7-5-13-34-19)35-17-25-27-21-8-2-3-9-22(21)28-25/h2-3,8-11,14,18-19H,4-7,12-13,15-17H2,1H3,(H,27,28)/t18-,19-/m1/s1. The van der Waals surface area contributed by atoms with Crippen LogP contribution in [0.4, 0.5) is 0 Å². The molecule has 8 nitrogen and oxygen atoms in total. The zero-order chi connectivity index (χ0) is 24.7. The van der Waals surface area contributed by atoms with Crippen molar-refractivity contribution in [3.05, 3.63) is 48.3 Å². The van der Waals surface area contributed by atoms with Crippen molar-refractivity contribution in [2.45, 2.75) is 61.1 Å². The second-order valence-electron chi connectivity index (χ2n) is 9.89. The first kappa shape index (κ1) is 24.0. The molecule has 0 amide bonds. The number of thioether (sulfide) groups is 1. The molecule has 0 radical (unpaired) electrons. The van der Waals surface area contributed by atoms with E-state index in [9.17, 15) is 8.42 Å². The van der Waals surface area contributed by atoms with Crippen LogP contribution in [0.1, 0.15) is 38.4 Å². The molecule has 0 unspecified atom stereocenters. The maximum atomic E-state index is 13.4. The molecule has 0 aliphatic carbocycles. The number of ether oxygens (including phenoxy) is 1. The molecule has 2 aliphatic rings. The lowest BCUT2D eigenvalue weighted by Crippen LogP contribution is -2.39. The lowest BCUT2D eigenvalue weighted by atomic mass is 10.0. The summed E-state index contributed by atoms with van der Waals surface area (Å²) in [6.45, 7) is 4.76. The maximum Gasteiger partial charge on any atom is 0.243 e. The fourth-order valence-electron chi connectivity index (χ4n) is 5.25. The number of imidazole rings is 2. The molecule has 190 valence electrons. The predicted octanol–water partition coefficient (Wildman–Crippen LogP) is 4.80. The third-order valence-corrected chi connectivity index (χ3v) is 9.98. The summed E-state index contributed by atoms with van der Waals surface area (Å²) < 4.78 is 36.5. The SMILES string of the molecule is C[C@@H]1CCCN(S(=O)(=O)c2ccc3c(c2)nc(SCc2nc4ccccc4[nH]2)n3C[C@H]2CCCO2)C1. The van der Waals surface area contributed by atoms with Gasteiger partial charge in [0.25, 0.3) is 0 Å². The van der Waals surface area contributed by atoms with Gasteiger partial charge in [0, 0.05) is 19.7 Å². The highest BCUT2D eigenvalue weighted by Gasteiger charge is 2.29. The van der Waals surface area contributed by atoms with Crippen LogP contribution in [0.25, 0.3) is 22.1 Å². The number of fused-ring (bicyclic) bond motifs is 2. The van der Waals surface area contributed by atoms with Crippen LogP contribution in [-0.4, -0.2) is 58.0 Å². The Kier molecular flexibility index (Phi) is 6.53.